The first-order valence-corrected chi connectivity index (χ1v) is 7.35. The average Bonchev–Trinajstić information content (AvgIpc) is 2.93. The van der Waals surface area contributed by atoms with Gasteiger partial charge in [-0.15, -0.1) is 0 Å². The summed E-state index contributed by atoms with van der Waals surface area (Å²) in [6.07, 6.45) is 3.57. The van der Waals surface area contributed by atoms with E-state index in [1.807, 2.05) is 6.92 Å². The number of aryl methyl sites for hydroxylation is 1. The average molecular weight is 291 g/mol. The van der Waals surface area contributed by atoms with Crippen molar-refractivity contribution in [1.29, 1.82) is 0 Å². The standard InChI is InChI=1S/C15H21N3O3/c1-2-10-6-7-11(8-14(10)18(20)21)15(19)17-13-5-3-4-12(13)9-16/h6-8,12-13H,2-5,9,16H2,1H3,(H,17,19). The molecule has 2 unspecified atom stereocenters. The van der Waals surface area contributed by atoms with Crippen LogP contribution in [0, 0.1) is 16.0 Å². The van der Waals surface area contributed by atoms with Crippen LogP contribution in [0.2, 0.25) is 0 Å². The number of nitro benzene ring substituents is 1. The third-order valence-electron chi connectivity index (χ3n) is 4.20. The van der Waals surface area contributed by atoms with E-state index < -0.39 is 4.92 Å². The van der Waals surface area contributed by atoms with Gasteiger partial charge in [-0.05, 0) is 37.8 Å². The van der Waals surface area contributed by atoms with E-state index in [1.165, 1.54) is 6.07 Å². The first-order chi connectivity index (χ1) is 10.1. The molecular weight excluding hydrogens is 270 g/mol. The van der Waals surface area contributed by atoms with E-state index in [4.69, 9.17) is 5.73 Å². The minimum atomic E-state index is -0.437. The Hall–Kier alpha value is -1.95. The van der Waals surface area contributed by atoms with Crippen LogP contribution in [0.1, 0.15) is 42.1 Å². The second kappa shape index (κ2) is 6.67. The summed E-state index contributed by atoms with van der Waals surface area (Å²) in [5.41, 5.74) is 6.68. The van der Waals surface area contributed by atoms with Crippen molar-refractivity contribution in [3.8, 4) is 0 Å². The molecule has 1 aliphatic rings. The van der Waals surface area contributed by atoms with Crippen molar-refractivity contribution in [2.75, 3.05) is 6.54 Å². The highest BCUT2D eigenvalue weighted by atomic mass is 16.6. The smallest absolute Gasteiger partial charge is 0.273 e. The van der Waals surface area contributed by atoms with Crippen LogP contribution in [-0.4, -0.2) is 23.4 Å². The minimum Gasteiger partial charge on any atom is -0.349 e. The summed E-state index contributed by atoms with van der Waals surface area (Å²) in [5, 5.41) is 14.0. The summed E-state index contributed by atoms with van der Waals surface area (Å²) in [4.78, 5) is 22.9. The highest BCUT2D eigenvalue weighted by molar-refractivity contribution is 5.95. The molecule has 0 radical (unpaired) electrons. The van der Waals surface area contributed by atoms with Gasteiger partial charge in [-0.2, -0.15) is 0 Å². The summed E-state index contributed by atoms with van der Waals surface area (Å²) in [6.45, 7) is 2.41. The molecule has 114 valence electrons. The largest absolute Gasteiger partial charge is 0.349 e. The molecule has 1 saturated carbocycles. The zero-order valence-electron chi connectivity index (χ0n) is 12.2. The number of nitrogens with two attached hydrogens (primary N) is 1. The lowest BCUT2D eigenvalue weighted by Gasteiger charge is -2.19. The Kier molecular flexibility index (Phi) is 4.90. The van der Waals surface area contributed by atoms with Crippen molar-refractivity contribution in [2.45, 2.75) is 38.6 Å². The molecule has 0 aromatic heterocycles. The van der Waals surface area contributed by atoms with E-state index in [1.54, 1.807) is 12.1 Å². The fourth-order valence-corrected chi connectivity index (χ4v) is 2.93. The van der Waals surface area contributed by atoms with Gasteiger partial charge in [0.25, 0.3) is 11.6 Å². The topological polar surface area (TPSA) is 98.3 Å². The van der Waals surface area contributed by atoms with Crippen molar-refractivity contribution in [1.82, 2.24) is 5.32 Å². The maximum Gasteiger partial charge on any atom is 0.273 e. The van der Waals surface area contributed by atoms with Crippen molar-refractivity contribution >= 4 is 11.6 Å². The lowest BCUT2D eigenvalue weighted by Crippen LogP contribution is -2.39. The molecule has 1 aliphatic carbocycles. The summed E-state index contributed by atoms with van der Waals surface area (Å²) < 4.78 is 0. The van der Waals surface area contributed by atoms with Crippen molar-refractivity contribution in [2.24, 2.45) is 11.7 Å². The molecule has 1 aromatic carbocycles. The van der Waals surface area contributed by atoms with Gasteiger partial charge in [0, 0.05) is 23.2 Å². The van der Waals surface area contributed by atoms with Gasteiger partial charge < -0.3 is 11.1 Å². The highest BCUT2D eigenvalue weighted by Crippen LogP contribution is 2.26. The monoisotopic (exact) mass is 291 g/mol. The number of amides is 1. The van der Waals surface area contributed by atoms with Crippen molar-refractivity contribution < 1.29 is 9.72 Å². The predicted molar refractivity (Wildman–Crippen MR) is 80.1 cm³/mol. The number of hydrogen-bond acceptors (Lipinski definition) is 4. The fraction of sp³-hybridized carbons (Fsp3) is 0.533. The van der Waals surface area contributed by atoms with Gasteiger partial charge in [-0.3, -0.25) is 14.9 Å². The Morgan fingerprint density at radius 1 is 1.48 bits per heavy atom. The third-order valence-corrected chi connectivity index (χ3v) is 4.20. The molecule has 2 atom stereocenters. The van der Waals surface area contributed by atoms with E-state index in [9.17, 15) is 14.9 Å². The number of nitrogens with zero attached hydrogens (tertiary/aromatic N) is 1. The summed E-state index contributed by atoms with van der Waals surface area (Å²) in [6, 6.07) is 4.74. The third kappa shape index (κ3) is 3.39. The molecule has 6 nitrogen and oxygen atoms in total. The summed E-state index contributed by atoms with van der Waals surface area (Å²) >= 11 is 0. The molecule has 1 aromatic rings. The van der Waals surface area contributed by atoms with Gasteiger partial charge in [0.2, 0.25) is 0 Å². The van der Waals surface area contributed by atoms with Gasteiger partial charge in [-0.25, -0.2) is 0 Å². The highest BCUT2D eigenvalue weighted by Gasteiger charge is 2.28. The Morgan fingerprint density at radius 3 is 2.86 bits per heavy atom. The Labute approximate surface area is 123 Å². The van der Waals surface area contributed by atoms with Crippen LogP contribution in [0.3, 0.4) is 0 Å². The zero-order valence-corrected chi connectivity index (χ0v) is 12.2. The lowest BCUT2D eigenvalue weighted by atomic mass is 10.0. The predicted octanol–water partition coefficient (Wildman–Crippen LogP) is 2.01. The van der Waals surface area contributed by atoms with Crippen LogP contribution in [0.5, 0.6) is 0 Å². The number of benzene rings is 1. The Balaban J connectivity index is 2.16. The first kappa shape index (κ1) is 15.4. The van der Waals surface area contributed by atoms with Gasteiger partial charge in [0.15, 0.2) is 0 Å². The first-order valence-electron chi connectivity index (χ1n) is 7.35. The molecule has 0 saturated heterocycles. The number of hydrogen-bond donors (Lipinski definition) is 2. The molecule has 21 heavy (non-hydrogen) atoms. The summed E-state index contributed by atoms with van der Waals surface area (Å²) in [7, 11) is 0. The van der Waals surface area contributed by atoms with Gasteiger partial charge >= 0.3 is 0 Å². The Morgan fingerprint density at radius 2 is 2.24 bits per heavy atom. The lowest BCUT2D eigenvalue weighted by molar-refractivity contribution is -0.385. The van der Waals surface area contributed by atoms with E-state index >= 15 is 0 Å². The molecule has 0 heterocycles. The molecule has 3 N–H and O–H groups in total. The summed E-state index contributed by atoms with van der Waals surface area (Å²) in [5.74, 6) is 0.0463. The van der Waals surface area contributed by atoms with Crippen LogP contribution >= 0.6 is 0 Å². The van der Waals surface area contributed by atoms with Gasteiger partial charge in [0.05, 0.1) is 4.92 Å². The van der Waals surface area contributed by atoms with Gasteiger partial charge in [-0.1, -0.05) is 19.4 Å². The van der Waals surface area contributed by atoms with Crippen LogP contribution in [-0.2, 0) is 6.42 Å². The second-order valence-electron chi connectivity index (χ2n) is 5.46. The number of nitro groups is 1. The zero-order chi connectivity index (χ0) is 15.4. The number of nitrogens with one attached hydrogen (secondary N) is 1. The van der Waals surface area contributed by atoms with Gasteiger partial charge in [0.1, 0.15) is 0 Å². The molecule has 2 rings (SSSR count). The number of carbonyl (C=O) groups excluding carboxylic acids is 1. The quantitative estimate of drug-likeness (QED) is 0.640. The number of rotatable bonds is 5. The van der Waals surface area contributed by atoms with E-state index in [-0.39, 0.29) is 17.6 Å². The molecular formula is C15H21N3O3. The van der Waals surface area contributed by atoms with Crippen LogP contribution in [0.4, 0.5) is 5.69 Å². The maximum atomic E-state index is 12.3. The van der Waals surface area contributed by atoms with Crippen LogP contribution < -0.4 is 11.1 Å². The van der Waals surface area contributed by atoms with E-state index in [0.717, 1.165) is 19.3 Å². The molecule has 0 bridgehead atoms. The number of carbonyl (C=O) groups is 1. The minimum absolute atomic E-state index is 0.00643. The van der Waals surface area contributed by atoms with Crippen LogP contribution in [0.25, 0.3) is 0 Å². The van der Waals surface area contributed by atoms with Crippen LogP contribution in [0.15, 0.2) is 18.2 Å². The molecule has 1 amide bonds. The van der Waals surface area contributed by atoms with E-state index in [2.05, 4.69) is 5.32 Å². The molecule has 0 aliphatic heterocycles. The Bertz CT molecular complexity index is 545. The van der Waals surface area contributed by atoms with E-state index in [0.29, 0.717) is 30.0 Å². The second-order valence-corrected chi connectivity index (χ2v) is 5.46. The molecule has 0 spiro atoms. The fourth-order valence-electron chi connectivity index (χ4n) is 2.93. The van der Waals surface area contributed by atoms with Crippen molar-refractivity contribution in [3.05, 3.63) is 39.4 Å². The molecule has 6 heteroatoms. The SMILES string of the molecule is CCc1ccc(C(=O)NC2CCCC2CN)cc1[N+](=O)[O-]. The molecule has 1 fully saturated rings. The maximum absolute atomic E-state index is 12.3. The van der Waals surface area contributed by atoms with Crippen molar-refractivity contribution in [3.63, 3.8) is 0 Å². The normalized spacial score (nSPS) is 21.2.